The third-order valence-electron chi connectivity index (χ3n) is 5.90. The van der Waals surface area contributed by atoms with Crippen LogP contribution in [0.3, 0.4) is 0 Å². The number of carbonyl (C=O) groups is 2. The zero-order chi connectivity index (χ0) is 26.0. The lowest BCUT2D eigenvalue weighted by molar-refractivity contribution is -0.121. The first-order chi connectivity index (χ1) is 17.7. The van der Waals surface area contributed by atoms with Crippen molar-refractivity contribution >= 4 is 34.4 Å². The van der Waals surface area contributed by atoms with Gasteiger partial charge in [-0.2, -0.15) is 5.10 Å². The van der Waals surface area contributed by atoms with Crippen molar-refractivity contribution in [2.24, 2.45) is 0 Å². The molecule has 9 nitrogen and oxygen atoms in total. The molecule has 2 aromatic heterocycles. The van der Waals surface area contributed by atoms with Crippen molar-refractivity contribution < 1.29 is 14.3 Å². The quantitative estimate of drug-likeness (QED) is 0.357. The molecule has 9 heteroatoms. The van der Waals surface area contributed by atoms with Gasteiger partial charge in [-0.3, -0.25) is 9.89 Å². The maximum Gasteiger partial charge on any atom is 0.420 e. The third-order valence-corrected chi connectivity index (χ3v) is 5.90. The topological polar surface area (TPSA) is 113 Å². The van der Waals surface area contributed by atoms with Gasteiger partial charge in [0.2, 0.25) is 5.91 Å². The molecule has 4 aromatic rings. The normalized spacial score (nSPS) is 13.4. The Balaban J connectivity index is 1.43. The summed E-state index contributed by atoms with van der Waals surface area (Å²) in [5, 5.41) is 10.9. The zero-order valence-electron chi connectivity index (χ0n) is 21.2. The number of benzene rings is 2. The van der Waals surface area contributed by atoms with Gasteiger partial charge in [0.15, 0.2) is 5.82 Å². The SMILES string of the molecule is CC(C)(C)OC(=O)N(c1ccc2[nH]ncc2c1)c1ccnc(-c2cccc(CCC(=O)NC3CC3)c2)n1. The van der Waals surface area contributed by atoms with E-state index >= 15 is 0 Å². The molecule has 190 valence electrons. The number of H-pyrrole nitrogens is 1. The number of carbonyl (C=O) groups excluding carboxylic acids is 2. The van der Waals surface area contributed by atoms with Crippen molar-refractivity contribution in [2.75, 3.05) is 4.90 Å². The van der Waals surface area contributed by atoms with E-state index < -0.39 is 11.7 Å². The fraction of sp³-hybridized carbons (Fsp3) is 0.321. The summed E-state index contributed by atoms with van der Waals surface area (Å²) >= 11 is 0. The smallest absolute Gasteiger partial charge is 0.420 e. The summed E-state index contributed by atoms with van der Waals surface area (Å²) in [6.07, 6.45) is 5.99. The fourth-order valence-corrected chi connectivity index (χ4v) is 3.97. The molecule has 1 saturated carbocycles. The lowest BCUT2D eigenvalue weighted by Crippen LogP contribution is -2.34. The van der Waals surface area contributed by atoms with Gasteiger partial charge in [-0.05, 0) is 75.9 Å². The summed E-state index contributed by atoms with van der Waals surface area (Å²) in [4.78, 5) is 36.1. The minimum absolute atomic E-state index is 0.0775. The molecule has 0 saturated heterocycles. The third kappa shape index (κ3) is 6.11. The van der Waals surface area contributed by atoms with Gasteiger partial charge in [-0.1, -0.05) is 18.2 Å². The van der Waals surface area contributed by atoms with E-state index in [2.05, 4.69) is 20.5 Å². The Kier molecular flexibility index (Phi) is 6.60. The second-order valence-electron chi connectivity index (χ2n) is 10.2. The van der Waals surface area contributed by atoms with Gasteiger partial charge in [0.25, 0.3) is 0 Å². The molecule has 2 N–H and O–H groups in total. The molecule has 2 heterocycles. The Morgan fingerprint density at radius 3 is 2.76 bits per heavy atom. The van der Waals surface area contributed by atoms with E-state index in [0.717, 1.165) is 34.9 Å². The number of nitrogens with one attached hydrogen (secondary N) is 2. The Morgan fingerprint density at radius 2 is 1.97 bits per heavy atom. The molecular weight excluding hydrogens is 468 g/mol. The number of aromatic amines is 1. The highest BCUT2D eigenvalue weighted by atomic mass is 16.6. The summed E-state index contributed by atoms with van der Waals surface area (Å²) in [6.45, 7) is 5.47. The number of aryl methyl sites for hydroxylation is 1. The first-order valence-electron chi connectivity index (χ1n) is 12.4. The standard InChI is InChI=1S/C28H30N6O3/c1-28(2,3)37-27(36)34(22-10-11-23-20(16-22)17-30-33-23)24-13-14-29-26(32-24)19-6-4-5-18(15-19)7-12-25(35)31-21-8-9-21/h4-6,10-11,13-17,21H,7-9,12H2,1-3H3,(H,30,33)(H,31,35). The van der Waals surface area contributed by atoms with E-state index in [9.17, 15) is 9.59 Å². The van der Waals surface area contributed by atoms with Crippen LogP contribution in [0.2, 0.25) is 0 Å². The maximum atomic E-state index is 13.3. The number of amides is 2. The largest absolute Gasteiger partial charge is 0.443 e. The van der Waals surface area contributed by atoms with Crippen molar-refractivity contribution in [1.29, 1.82) is 0 Å². The summed E-state index contributed by atoms with van der Waals surface area (Å²) in [7, 11) is 0. The van der Waals surface area contributed by atoms with Crippen LogP contribution in [0, 0.1) is 0 Å². The van der Waals surface area contributed by atoms with E-state index in [1.165, 1.54) is 4.90 Å². The van der Waals surface area contributed by atoms with E-state index in [0.29, 0.717) is 36.2 Å². The molecule has 0 unspecified atom stereocenters. The second-order valence-corrected chi connectivity index (χ2v) is 10.2. The second kappa shape index (κ2) is 10.0. The van der Waals surface area contributed by atoms with Gasteiger partial charge in [0.05, 0.1) is 17.4 Å². The molecule has 5 rings (SSSR count). The zero-order valence-corrected chi connectivity index (χ0v) is 21.2. The van der Waals surface area contributed by atoms with Crippen LogP contribution >= 0.6 is 0 Å². The molecule has 2 amide bonds. The number of fused-ring (bicyclic) bond motifs is 1. The Bertz CT molecular complexity index is 1440. The van der Waals surface area contributed by atoms with Gasteiger partial charge in [-0.15, -0.1) is 0 Å². The highest BCUT2D eigenvalue weighted by molar-refractivity contribution is 5.97. The molecule has 0 spiro atoms. The highest BCUT2D eigenvalue weighted by Crippen LogP contribution is 2.30. The van der Waals surface area contributed by atoms with Crippen molar-refractivity contribution in [3.8, 4) is 11.4 Å². The van der Waals surface area contributed by atoms with Gasteiger partial charge >= 0.3 is 6.09 Å². The molecule has 1 fully saturated rings. The summed E-state index contributed by atoms with van der Waals surface area (Å²) in [5.41, 5.74) is 2.59. The van der Waals surface area contributed by atoms with Gasteiger partial charge < -0.3 is 10.1 Å². The van der Waals surface area contributed by atoms with Crippen LogP contribution in [0.5, 0.6) is 0 Å². The molecular formula is C28H30N6O3. The Labute approximate surface area is 215 Å². The summed E-state index contributed by atoms with van der Waals surface area (Å²) in [6, 6.07) is 15.4. The predicted octanol–water partition coefficient (Wildman–Crippen LogP) is 5.30. The maximum absolute atomic E-state index is 13.3. The van der Waals surface area contributed by atoms with E-state index in [-0.39, 0.29) is 5.91 Å². The van der Waals surface area contributed by atoms with Gasteiger partial charge in [0, 0.05) is 29.6 Å². The number of anilines is 2. The van der Waals surface area contributed by atoms with Crippen molar-refractivity contribution in [2.45, 2.75) is 58.1 Å². The van der Waals surface area contributed by atoms with E-state index in [4.69, 9.17) is 9.72 Å². The predicted molar refractivity (Wildman–Crippen MR) is 141 cm³/mol. The average molecular weight is 499 g/mol. The Morgan fingerprint density at radius 1 is 1.14 bits per heavy atom. The fourth-order valence-electron chi connectivity index (χ4n) is 3.97. The minimum atomic E-state index is -0.689. The van der Waals surface area contributed by atoms with Crippen molar-refractivity contribution in [3.05, 3.63) is 66.5 Å². The monoisotopic (exact) mass is 498 g/mol. The van der Waals surface area contributed by atoms with Crippen LogP contribution in [0.25, 0.3) is 22.3 Å². The van der Waals surface area contributed by atoms with Crippen molar-refractivity contribution in [1.82, 2.24) is 25.5 Å². The average Bonchev–Trinajstić information content (AvgIpc) is 3.55. The number of nitrogens with zero attached hydrogens (tertiary/aromatic N) is 4. The van der Waals surface area contributed by atoms with E-state index in [1.807, 2.05) is 63.2 Å². The molecule has 1 aliphatic rings. The lowest BCUT2D eigenvalue weighted by atomic mass is 10.1. The number of ether oxygens (including phenoxy) is 1. The van der Waals surface area contributed by atoms with Gasteiger partial charge in [0.1, 0.15) is 11.4 Å². The molecule has 0 bridgehead atoms. The molecule has 0 aliphatic heterocycles. The molecule has 37 heavy (non-hydrogen) atoms. The number of rotatable bonds is 7. The van der Waals surface area contributed by atoms with E-state index in [1.54, 1.807) is 18.5 Å². The van der Waals surface area contributed by atoms with Crippen LogP contribution in [-0.4, -0.2) is 43.8 Å². The van der Waals surface area contributed by atoms with Crippen LogP contribution in [0.1, 0.15) is 45.6 Å². The number of hydrogen-bond acceptors (Lipinski definition) is 6. The molecule has 1 aliphatic carbocycles. The molecule has 0 radical (unpaired) electrons. The van der Waals surface area contributed by atoms with Crippen LogP contribution < -0.4 is 10.2 Å². The highest BCUT2D eigenvalue weighted by Gasteiger charge is 2.27. The lowest BCUT2D eigenvalue weighted by Gasteiger charge is -2.27. The summed E-state index contributed by atoms with van der Waals surface area (Å²) in [5.74, 6) is 0.935. The first-order valence-corrected chi connectivity index (χ1v) is 12.4. The van der Waals surface area contributed by atoms with Gasteiger partial charge in [-0.25, -0.2) is 19.7 Å². The first kappa shape index (κ1) is 24.4. The number of aromatic nitrogens is 4. The van der Waals surface area contributed by atoms with Crippen LogP contribution in [0.4, 0.5) is 16.3 Å². The van der Waals surface area contributed by atoms with Crippen molar-refractivity contribution in [3.63, 3.8) is 0 Å². The Hall–Kier alpha value is -4.27. The number of hydrogen-bond donors (Lipinski definition) is 2. The summed E-state index contributed by atoms with van der Waals surface area (Å²) < 4.78 is 5.72. The van der Waals surface area contributed by atoms with Crippen LogP contribution in [0.15, 0.2) is 60.9 Å². The molecule has 0 atom stereocenters. The minimum Gasteiger partial charge on any atom is -0.443 e. The van der Waals surface area contributed by atoms with Crippen LogP contribution in [-0.2, 0) is 16.0 Å². The molecule has 2 aromatic carbocycles.